The molecule has 2 aliphatic rings. The quantitative estimate of drug-likeness (QED) is 0.853. The second-order valence-electron chi connectivity index (χ2n) is 5.13. The SMILES string of the molecule is CCc1nnc(CN2C3CCC2CC(O)C3)o1. The first kappa shape index (κ1) is 11.2. The molecule has 5 heteroatoms. The summed E-state index contributed by atoms with van der Waals surface area (Å²) in [7, 11) is 0. The van der Waals surface area contributed by atoms with E-state index in [9.17, 15) is 5.11 Å². The molecule has 3 heterocycles. The third-order valence-electron chi connectivity index (χ3n) is 3.99. The van der Waals surface area contributed by atoms with E-state index in [-0.39, 0.29) is 6.10 Å². The van der Waals surface area contributed by atoms with Crippen LogP contribution >= 0.6 is 0 Å². The molecule has 1 aromatic rings. The number of nitrogens with zero attached hydrogens (tertiary/aromatic N) is 3. The maximum absolute atomic E-state index is 9.74. The zero-order chi connectivity index (χ0) is 11.8. The molecule has 3 rings (SSSR count). The summed E-state index contributed by atoms with van der Waals surface area (Å²) in [5, 5.41) is 17.8. The van der Waals surface area contributed by atoms with E-state index >= 15 is 0 Å². The molecule has 0 spiro atoms. The minimum absolute atomic E-state index is 0.113. The number of piperidine rings is 1. The number of rotatable bonds is 3. The van der Waals surface area contributed by atoms with Crippen molar-refractivity contribution in [2.24, 2.45) is 0 Å². The van der Waals surface area contributed by atoms with Crippen molar-refractivity contribution in [2.45, 2.75) is 63.8 Å². The minimum atomic E-state index is -0.113. The van der Waals surface area contributed by atoms with E-state index < -0.39 is 0 Å². The summed E-state index contributed by atoms with van der Waals surface area (Å²) in [5.74, 6) is 1.43. The van der Waals surface area contributed by atoms with E-state index in [4.69, 9.17) is 4.42 Å². The Kier molecular flexibility index (Phi) is 2.88. The van der Waals surface area contributed by atoms with Crippen molar-refractivity contribution in [3.05, 3.63) is 11.8 Å². The zero-order valence-corrected chi connectivity index (χ0v) is 10.2. The molecular weight excluding hydrogens is 218 g/mol. The number of fused-ring (bicyclic) bond motifs is 2. The van der Waals surface area contributed by atoms with Crippen LogP contribution in [0.4, 0.5) is 0 Å². The number of aryl methyl sites for hydroxylation is 1. The summed E-state index contributed by atoms with van der Waals surface area (Å²) in [4.78, 5) is 2.43. The monoisotopic (exact) mass is 237 g/mol. The van der Waals surface area contributed by atoms with Crippen LogP contribution in [-0.4, -0.2) is 38.4 Å². The van der Waals surface area contributed by atoms with E-state index in [0.717, 1.165) is 31.7 Å². The summed E-state index contributed by atoms with van der Waals surface area (Å²) in [6.45, 7) is 2.76. The highest BCUT2D eigenvalue weighted by molar-refractivity contribution is 4.97. The van der Waals surface area contributed by atoms with Gasteiger partial charge in [-0.3, -0.25) is 4.90 Å². The molecule has 2 bridgehead atoms. The van der Waals surface area contributed by atoms with Gasteiger partial charge in [0, 0.05) is 18.5 Å². The lowest BCUT2D eigenvalue weighted by molar-refractivity contribution is 0.0264. The summed E-state index contributed by atoms with van der Waals surface area (Å²) < 4.78 is 5.56. The molecule has 0 radical (unpaired) electrons. The van der Waals surface area contributed by atoms with Gasteiger partial charge in [-0.25, -0.2) is 0 Å². The molecule has 5 nitrogen and oxygen atoms in total. The molecule has 2 unspecified atom stereocenters. The number of aliphatic hydroxyl groups is 1. The highest BCUT2D eigenvalue weighted by atomic mass is 16.4. The van der Waals surface area contributed by atoms with E-state index in [1.807, 2.05) is 6.92 Å². The summed E-state index contributed by atoms with van der Waals surface area (Å²) in [6, 6.07) is 1.00. The van der Waals surface area contributed by atoms with Gasteiger partial charge in [-0.1, -0.05) is 6.92 Å². The van der Waals surface area contributed by atoms with Crippen LogP contribution in [-0.2, 0) is 13.0 Å². The molecule has 0 aliphatic carbocycles. The Morgan fingerprint density at radius 1 is 1.24 bits per heavy atom. The topological polar surface area (TPSA) is 62.4 Å². The molecule has 17 heavy (non-hydrogen) atoms. The third-order valence-corrected chi connectivity index (χ3v) is 3.99. The Hall–Kier alpha value is -0.940. The lowest BCUT2D eigenvalue weighted by atomic mass is 10.00. The van der Waals surface area contributed by atoms with Crippen molar-refractivity contribution in [2.75, 3.05) is 0 Å². The van der Waals surface area contributed by atoms with Crippen molar-refractivity contribution in [3.8, 4) is 0 Å². The van der Waals surface area contributed by atoms with Gasteiger partial charge in [-0.15, -0.1) is 10.2 Å². The molecule has 0 saturated carbocycles. The minimum Gasteiger partial charge on any atom is -0.424 e. The van der Waals surface area contributed by atoms with Gasteiger partial charge in [0.15, 0.2) is 0 Å². The Balaban J connectivity index is 1.69. The zero-order valence-electron chi connectivity index (χ0n) is 10.2. The summed E-state index contributed by atoms with van der Waals surface area (Å²) in [6.07, 6.45) is 4.85. The first-order valence-corrected chi connectivity index (χ1v) is 6.51. The van der Waals surface area contributed by atoms with Crippen molar-refractivity contribution in [3.63, 3.8) is 0 Å². The second-order valence-corrected chi connectivity index (χ2v) is 5.13. The Morgan fingerprint density at radius 3 is 2.47 bits per heavy atom. The van der Waals surface area contributed by atoms with Gasteiger partial charge in [0.1, 0.15) is 0 Å². The van der Waals surface area contributed by atoms with Crippen LogP contribution in [0.15, 0.2) is 4.42 Å². The molecule has 2 aliphatic heterocycles. The third kappa shape index (κ3) is 2.09. The fourth-order valence-corrected chi connectivity index (χ4v) is 3.15. The maximum atomic E-state index is 9.74. The van der Waals surface area contributed by atoms with Crippen LogP contribution in [0.1, 0.15) is 44.4 Å². The van der Waals surface area contributed by atoms with Crippen molar-refractivity contribution in [1.29, 1.82) is 0 Å². The molecule has 1 aromatic heterocycles. The van der Waals surface area contributed by atoms with Gasteiger partial charge in [0.05, 0.1) is 12.6 Å². The smallest absolute Gasteiger partial charge is 0.230 e. The predicted molar refractivity (Wildman–Crippen MR) is 61.3 cm³/mol. The van der Waals surface area contributed by atoms with Crippen LogP contribution < -0.4 is 0 Å². The highest BCUT2D eigenvalue weighted by Gasteiger charge is 2.40. The standard InChI is InChI=1S/C12H19N3O2/c1-2-11-13-14-12(17-11)7-15-8-3-4-9(15)6-10(16)5-8/h8-10,16H,2-7H2,1H3. The van der Waals surface area contributed by atoms with Gasteiger partial charge in [0.2, 0.25) is 11.8 Å². The van der Waals surface area contributed by atoms with Crippen LogP contribution in [0.5, 0.6) is 0 Å². The van der Waals surface area contributed by atoms with Crippen molar-refractivity contribution < 1.29 is 9.52 Å². The normalized spacial score (nSPS) is 33.2. The van der Waals surface area contributed by atoms with Crippen molar-refractivity contribution >= 4 is 0 Å². The molecule has 1 N–H and O–H groups in total. The van der Waals surface area contributed by atoms with Gasteiger partial charge >= 0.3 is 0 Å². The highest BCUT2D eigenvalue weighted by Crippen LogP contribution is 2.36. The number of hydrogen-bond acceptors (Lipinski definition) is 5. The van der Waals surface area contributed by atoms with E-state index in [2.05, 4.69) is 15.1 Å². The number of aromatic nitrogens is 2. The lowest BCUT2D eigenvalue weighted by Crippen LogP contribution is -2.44. The largest absolute Gasteiger partial charge is 0.424 e. The van der Waals surface area contributed by atoms with E-state index in [1.165, 1.54) is 12.8 Å². The molecule has 0 amide bonds. The summed E-state index contributed by atoms with van der Waals surface area (Å²) >= 11 is 0. The Bertz CT molecular complexity index is 379. The lowest BCUT2D eigenvalue weighted by Gasteiger charge is -2.36. The van der Waals surface area contributed by atoms with Gasteiger partial charge in [-0.2, -0.15) is 0 Å². The van der Waals surface area contributed by atoms with Crippen LogP contribution in [0.3, 0.4) is 0 Å². The molecular formula is C12H19N3O2. The fourth-order valence-electron chi connectivity index (χ4n) is 3.15. The van der Waals surface area contributed by atoms with Crippen molar-refractivity contribution in [1.82, 2.24) is 15.1 Å². The fraction of sp³-hybridized carbons (Fsp3) is 0.833. The van der Waals surface area contributed by atoms with Gasteiger partial charge in [0.25, 0.3) is 0 Å². The van der Waals surface area contributed by atoms with E-state index in [1.54, 1.807) is 0 Å². The number of hydrogen-bond donors (Lipinski definition) is 1. The molecule has 2 fully saturated rings. The van der Waals surface area contributed by atoms with Crippen LogP contribution in [0, 0.1) is 0 Å². The molecule has 0 aromatic carbocycles. The molecule has 2 atom stereocenters. The Labute approximate surface area is 101 Å². The first-order chi connectivity index (χ1) is 8.26. The Morgan fingerprint density at radius 2 is 1.88 bits per heavy atom. The maximum Gasteiger partial charge on any atom is 0.230 e. The second kappa shape index (κ2) is 4.38. The average molecular weight is 237 g/mol. The summed E-state index contributed by atoms with van der Waals surface area (Å²) in [5.41, 5.74) is 0. The molecule has 2 saturated heterocycles. The van der Waals surface area contributed by atoms with Gasteiger partial charge in [-0.05, 0) is 25.7 Å². The van der Waals surface area contributed by atoms with Crippen LogP contribution in [0.25, 0.3) is 0 Å². The average Bonchev–Trinajstić information content (AvgIpc) is 2.85. The first-order valence-electron chi connectivity index (χ1n) is 6.51. The predicted octanol–water partition coefficient (Wildman–Crippen LogP) is 1.12. The van der Waals surface area contributed by atoms with Gasteiger partial charge < -0.3 is 9.52 Å². The van der Waals surface area contributed by atoms with E-state index in [0.29, 0.717) is 18.0 Å². The number of aliphatic hydroxyl groups excluding tert-OH is 1. The molecule has 94 valence electrons. The van der Waals surface area contributed by atoms with Crippen LogP contribution in [0.2, 0.25) is 0 Å².